The van der Waals surface area contributed by atoms with Crippen LogP contribution in [-0.4, -0.2) is 12.1 Å². The summed E-state index contributed by atoms with van der Waals surface area (Å²) in [6, 6.07) is 10.7. The van der Waals surface area contributed by atoms with Crippen molar-refractivity contribution in [3.63, 3.8) is 0 Å². The maximum absolute atomic E-state index is 3.75. The minimum Gasteiger partial charge on any atom is -0.311 e. The number of rotatable bonds is 3. The number of benzene rings is 1. The second-order valence-electron chi connectivity index (χ2n) is 5.76. The van der Waals surface area contributed by atoms with Crippen LogP contribution in [0, 0.1) is 12.8 Å². The molecule has 0 aliphatic heterocycles. The minimum atomic E-state index is 0.793. The zero-order valence-electron chi connectivity index (χ0n) is 10.2. The number of hydrogen-bond acceptors (Lipinski definition) is 1. The molecule has 1 nitrogen and oxygen atoms in total. The Morgan fingerprint density at radius 2 is 1.69 bits per heavy atom. The third kappa shape index (κ3) is 2.01. The van der Waals surface area contributed by atoms with Crippen LogP contribution in [0.5, 0.6) is 0 Å². The molecule has 0 amide bonds. The summed E-state index contributed by atoms with van der Waals surface area (Å²) in [5.41, 5.74) is 2.90. The van der Waals surface area contributed by atoms with Gasteiger partial charge in [0, 0.05) is 12.1 Å². The van der Waals surface area contributed by atoms with Gasteiger partial charge in [-0.2, -0.15) is 0 Å². The fourth-order valence-corrected chi connectivity index (χ4v) is 2.72. The molecule has 1 aromatic rings. The van der Waals surface area contributed by atoms with Crippen LogP contribution in [0.4, 0.5) is 0 Å². The summed E-state index contributed by atoms with van der Waals surface area (Å²) in [5, 5.41) is 3.75. The van der Waals surface area contributed by atoms with Crippen LogP contribution in [0.3, 0.4) is 0 Å². The summed E-state index contributed by atoms with van der Waals surface area (Å²) >= 11 is 0. The lowest BCUT2D eigenvalue weighted by molar-refractivity contribution is 0.286. The molecule has 3 rings (SSSR count). The summed E-state index contributed by atoms with van der Waals surface area (Å²) in [6.07, 6.45) is 4.07. The molecule has 2 saturated carbocycles. The number of hydrogen-bond donors (Lipinski definition) is 1. The van der Waals surface area contributed by atoms with Crippen molar-refractivity contribution in [1.82, 2.24) is 5.32 Å². The highest BCUT2D eigenvalue weighted by Crippen LogP contribution is 2.39. The van der Waals surface area contributed by atoms with E-state index in [4.69, 9.17) is 0 Å². The molecule has 1 N–H and O–H groups in total. The molecule has 1 heteroatoms. The Morgan fingerprint density at radius 3 is 2.25 bits per heavy atom. The number of nitrogens with one attached hydrogen (secondary N) is 1. The molecular weight excluding hydrogens is 194 g/mol. The Hall–Kier alpha value is -0.820. The predicted octanol–water partition coefficient (Wildman–Crippen LogP) is 3.24. The molecule has 0 saturated heterocycles. The Labute approximate surface area is 98.3 Å². The lowest BCUT2D eigenvalue weighted by Gasteiger charge is -2.36. The van der Waals surface area contributed by atoms with Crippen molar-refractivity contribution in [3.05, 3.63) is 35.4 Å². The third-order valence-corrected chi connectivity index (χ3v) is 4.25. The first-order valence-corrected chi connectivity index (χ1v) is 6.55. The molecule has 2 atom stereocenters. The standard InChI is InChI=1S/C15H21N/c1-10-3-5-12(6-4-10)13-8-14(9-13)16-15-7-11(15)2/h3-6,11,13-16H,7-9H2,1-2H3. The largest absolute Gasteiger partial charge is 0.311 e. The quantitative estimate of drug-likeness (QED) is 0.816. The van der Waals surface area contributed by atoms with E-state index in [-0.39, 0.29) is 0 Å². The predicted molar refractivity (Wildman–Crippen MR) is 67.6 cm³/mol. The van der Waals surface area contributed by atoms with E-state index in [9.17, 15) is 0 Å². The SMILES string of the molecule is Cc1ccc(C2CC(NC3CC3C)C2)cc1. The fraction of sp³-hybridized carbons (Fsp3) is 0.600. The van der Waals surface area contributed by atoms with Crippen molar-refractivity contribution in [2.45, 2.75) is 51.1 Å². The van der Waals surface area contributed by atoms with Crippen LogP contribution >= 0.6 is 0 Å². The second kappa shape index (κ2) is 3.89. The maximum Gasteiger partial charge on any atom is 0.00989 e. The van der Waals surface area contributed by atoms with Crippen molar-refractivity contribution < 1.29 is 0 Å². The Bertz CT molecular complexity index is 362. The van der Waals surface area contributed by atoms with Crippen molar-refractivity contribution >= 4 is 0 Å². The monoisotopic (exact) mass is 215 g/mol. The average molecular weight is 215 g/mol. The van der Waals surface area contributed by atoms with Gasteiger partial charge in [0.1, 0.15) is 0 Å². The van der Waals surface area contributed by atoms with E-state index in [1.165, 1.54) is 30.4 Å². The van der Waals surface area contributed by atoms with Crippen molar-refractivity contribution in [1.29, 1.82) is 0 Å². The van der Waals surface area contributed by atoms with Crippen molar-refractivity contribution in [3.8, 4) is 0 Å². The molecule has 16 heavy (non-hydrogen) atoms. The first kappa shape index (κ1) is 10.3. The molecule has 1 aromatic carbocycles. The summed E-state index contributed by atoms with van der Waals surface area (Å²) in [4.78, 5) is 0. The maximum atomic E-state index is 3.75. The lowest BCUT2D eigenvalue weighted by Crippen LogP contribution is -2.41. The van der Waals surface area contributed by atoms with E-state index in [0.29, 0.717) is 0 Å². The first-order valence-electron chi connectivity index (χ1n) is 6.55. The molecule has 2 fully saturated rings. The highest BCUT2D eigenvalue weighted by molar-refractivity contribution is 5.26. The molecule has 0 bridgehead atoms. The topological polar surface area (TPSA) is 12.0 Å². The molecule has 0 aromatic heterocycles. The van der Waals surface area contributed by atoms with Gasteiger partial charge >= 0.3 is 0 Å². The van der Waals surface area contributed by atoms with E-state index < -0.39 is 0 Å². The van der Waals surface area contributed by atoms with Crippen LogP contribution in [0.25, 0.3) is 0 Å². The summed E-state index contributed by atoms with van der Waals surface area (Å²) in [7, 11) is 0. The van der Waals surface area contributed by atoms with E-state index >= 15 is 0 Å². The fourth-order valence-electron chi connectivity index (χ4n) is 2.72. The normalized spacial score (nSPS) is 36.9. The zero-order chi connectivity index (χ0) is 11.1. The smallest absolute Gasteiger partial charge is 0.00989 e. The lowest BCUT2D eigenvalue weighted by atomic mass is 9.75. The summed E-state index contributed by atoms with van der Waals surface area (Å²) in [5.74, 6) is 1.74. The zero-order valence-corrected chi connectivity index (χ0v) is 10.2. The van der Waals surface area contributed by atoms with Gasteiger partial charge in [0.05, 0.1) is 0 Å². The highest BCUT2D eigenvalue weighted by atomic mass is 15.0. The van der Waals surface area contributed by atoms with Crippen LogP contribution in [-0.2, 0) is 0 Å². The highest BCUT2D eigenvalue weighted by Gasteiger charge is 2.38. The molecular formula is C15H21N. The minimum absolute atomic E-state index is 0.793. The van der Waals surface area contributed by atoms with Gasteiger partial charge in [-0.15, -0.1) is 0 Å². The van der Waals surface area contributed by atoms with Gasteiger partial charge in [-0.25, -0.2) is 0 Å². The third-order valence-electron chi connectivity index (χ3n) is 4.25. The molecule has 2 aliphatic rings. The van der Waals surface area contributed by atoms with Crippen molar-refractivity contribution in [2.75, 3.05) is 0 Å². The van der Waals surface area contributed by atoms with Gasteiger partial charge in [-0.3, -0.25) is 0 Å². The van der Waals surface area contributed by atoms with Gasteiger partial charge in [-0.05, 0) is 43.6 Å². The molecule has 0 radical (unpaired) electrons. The van der Waals surface area contributed by atoms with Gasteiger partial charge in [-0.1, -0.05) is 36.8 Å². The average Bonchev–Trinajstić information content (AvgIpc) is 2.90. The Morgan fingerprint density at radius 1 is 1.06 bits per heavy atom. The van der Waals surface area contributed by atoms with Crippen molar-refractivity contribution in [2.24, 2.45) is 5.92 Å². The second-order valence-corrected chi connectivity index (χ2v) is 5.76. The number of aryl methyl sites for hydroxylation is 1. The van der Waals surface area contributed by atoms with E-state index in [1.807, 2.05) is 0 Å². The van der Waals surface area contributed by atoms with E-state index in [1.54, 1.807) is 0 Å². The van der Waals surface area contributed by atoms with Crippen LogP contribution in [0.2, 0.25) is 0 Å². The van der Waals surface area contributed by atoms with Gasteiger partial charge < -0.3 is 5.32 Å². The molecule has 2 unspecified atom stereocenters. The summed E-state index contributed by atoms with van der Waals surface area (Å²) < 4.78 is 0. The molecule has 0 heterocycles. The molecule has 86 valence electrons. The van der Waals surface area contributed by atoms with E-state index in [0.717, 1.165) is 23.9 Å². The molecule has 2 aliphatic carbocycles. The first-order chi connectivity index (χ1) is 7.72. The van der Waals surface area contributed by atoms with E-state index in [2.05, 4.69) is 43.4 Å². The van der Waals surface area contributed by atoms with Gasteiger partial charge in [0.2, 0.25) is 0 Å². The van der Waals surface area contributed by atoms with Crippen LogP contribution < -0.4 is 5.32 Å². The van der Waals surface area contributed by atoms with Crippen LogP contribution in [0.1, 0.15) is 43.2 Å². The summed E-state index contributed by atoms with van der Waals surface area (Å²) in [6.45, 7) is 4.50. The Kier molecular flexibility index (Phi) is 2.51. The van der Waals surface area contributed by atoms with Gasteiger partial charge in [0.25, 0.3) is 0 Å². The van der Waals surface area contributed by atoms with Crippen LogP contribution in [0.15, 0.2) is 24.3 Å². The molecule has 0 spiro atoms. The Balaban J connectivity index is 1.51. The van der Waals surface area contributed by atoms with Gasteiger partial charge in [0.15, 0.2) is 0 Å².